The van der Waals surface area contributed by atoms with E-state index in [1.54, 1.807) is 41.0 Å². The Morgan fingerprint density at radius 2 is 1.76 bits per heavy atom. The van der Waals surface area contributed by atoms with E-state index in [1.165, 1.54) is 6.20 Å². The van der Waals surface area contributed by atoms with Crippen LogP contribution in [0.3, 0.4) is 0 Å². The van der Waals surface area contributed by atoms with E-state index in [-0.39, 0.29) is 42.0 Å². The number of nitrogens with zero attached hydrogens (tertiary/aromatic N) is 1. The second-order valence-corrected chi connectivity index (χ2v) is 8.70. The van der Waals surface area contributed by atoms with Gasteiger partial charge in [-0.25, -0.2) is 14.0 Å². The van der Waals surface area contributed by atoms with Gasteiger partial charge in [-0.2, -0.15) is 0 Å². The lowest BCUT2D eigenvalue weighted by atomic mass is 10.1. The molecule has 0 saturated carbocycles. The highest BCUT2D eigenvalue weighted by atomic mass is 19.1. The third-order valence-corrected chi connectivity index (χ3v) is 6.11. The van der Waals surface area contributed by atoms with E-state index in [1.807, 2.05) is 25.1 Å². The summed E-state index contributed by atoms with van der Waals surface area (Å²) in [4.78, 5) is 36.4. The van der Waals surface area contributed by atoms with E-state index in [2.05, 4.69) is 16.0 Å². The number of hydrogen-bond acceptors (Lipinski definition) is 5. The summed E-state index contributed by atoms with van der Waals surface area (Å²) in [6.07, 6.45) is 1.28. The Kier molecular flexibility index (Phi) is 6.22. The van der Waals surface area contributed by atoms with Gasteiger partial charge in [0.1, 0.15) is 17.9 Å². The topological polar surface area (TPSA) is 122 Å². The molecule has 1 aromatic heterocycles. The number of rotatable bonds is 6. The second kappa shape index (κ2) is 9.65. The van der Waals surface area contributed by atoms with Gasteiger partial charge in [0.15, 0.2) is 11.6 Å². The van der Waals surface area contributed by atoms with Crippen LogP contribution in [-0.2, 0) is 6.54 Å². The molecule has 1 unspecified atom stereocenters. The standard InChI is InChI=1S/C27H23FN4O5/c1-15-14-37-25-22(21(28)11-19-23(25)32(15)13-20(24(19)33)26(34)35)29-12-16-7-9-18(10-8-16)31-27(36)30-17-5-3-2-4-6-17/h2-11,13,15,29H,12,14H2,1H3,(H,34,35)(H2,30,31,36). The zero-order valence-electron chi connectivity index (χ0n) is 19.7. The number of pyridine rings is 1. The fraction of sp³-hybridized carbons (Fsp3) is 0.148. The molecule has 1 aliphatic heterocycles. The third-order valence-electron chi connectivity index (χ3n) is 6.11. The summed E-state index contributed by atoms with van der Waals surface area (Å²) >= 11 is 0. The van der Waals surface area contributed by atoms with E-state index in [0.29, 0.717) is 16.9 Å². The number of ether oxygens (including phenoxy) is 1. The molecule has 37 heavy (non-hydrogen) atoms. The Hall–Kier alpha value is -4.86. The van der Waals surface area contributed by atoms with Crippen LogP contribution in [0.1, 0.15) is 28.9 Å². The van der Waals surface area contributed by atoms with Crippen molar-refractivity contribution >= 4 is 40.0 Å². The number of hydrogen-bond donors (Lipinski definition) is 4. The number of carbonyl (C=O) groups is 2. The van der Waals surface area contributed by atoms with Crippen molar-refractivity contribution in [1.29, 1.82) is 0 Å². The molecule has 0 fully saturated rings. The number of urea groups is 1. The summed E-state index contributed by atoms with van der Waals surface area (Å²) in [5.41, 5.74) is 1.31. The molecule has 9 nitrogen and oxygen atoms in total. The van der Waals surface area contributed by atoms with Gasteiger partial charge in [0, 0.05) is 24.1 Å². The molecule has 0 aliphatic carbocycles. The molecule has 3 aromatic carbocycles. The predicted molar refractivity (Wildman–Crippen MR) is 138 cm³/mol. The maximum Gasteiger partial charge on any atom is 0.341 e. The monoisotopic (exact) mass is 502 g/mol. The summed E-state index contributed by atoms with van der Waals surface area (Å²) in [5.74, 6) is -1.92. The minimum atomic E-state index is -1.37. The molecular weight excluding hydrogens is 479 g/mol. The smallest absolute Gasteiger partial charge is 0.341 e. The molecule has 2 heterocycles. The van der Waals surface area contributed by atoms with E-state index in [4.69, 9.17) is 4.74 Å². The molecule has 188 valence electrons. The van der Waals surface area contributed by atoms with Crippen LogP contribution >= 0.6 is 0 Å². The number of aromatic nitrogens is 1. The summed E-state index contributed by atoms with van der Waals surface area (Å²) < 4.78 is 22.6. The van der Waals surface area contributed by atoms with Gasteiger partial charge in [0.05, 0.1) is 16.9 Å². The van der Waals surface area contributed by atoms with Crippen molar-refractivity contribution in [2.75, 3.05) is 22.6 Å². The zero-order valence-corrected chi connectivity index (χ0v) is 19.7. The highest BCUT2D eigenvalue weighted by molar-refractivity contribution is 6.00. The number of carboxylic acids is 1. The van der Waals surface area contributed by atoms with Gasteiger partial charge in [0.25, 0.3) is 0 Å². The molecule has 0 saturated heterocycles. The fourth-order valence-corrected chi connectivity index (χ4v) is 4.25. The Labute approximate surface area is 210 Å². The Balaban J connectivity index is 1.35. The van der Waals surface area contributed by atoms with Gasteiger partial charge in [-0.1, -0.05) is 30.3 Å². The molecular formula is C27H23FN4O5. The summed E-state index contributed by atoms with van der Waals surface area (Å²) in [5, 5.41) is 17.9. The van der Waals surface area contributed by atoms with Crippen molar-refractivity contribution in [3.63, 3.8) is 0 Å². The van der Waals surface area contributed by atoms with Gasteiger partial charge in [-0.3, -0.25) is 4.79 Å². The number of anilines is 3. The molecule has 2 amide bonds. The maximum atomic E-state index is 15.1. The molecule has 0 bridgehead atoms. The van der Waals surface area contributed by atoms with E-state index < -0.39 is 22.8 Å². The molecule has 4 N–H and O–H groups in total. The van der Waals surface area contributed by atoms with E-state index in [9.17, 15) is 19.5 Å². The average molecular weight is 503 g/mol. The highest BCUT2D eigenvalue weighted by Gasteiger charge is 2.27. The first kappa shape index (κ1) is 23.9. The Morgan fingerprint density at radius 3 is 2.43 bits per heavy atom. The average Bonchev–Trinajstić information content (AvgIpc) is 2.88. The lowest BCUT2D eigenvalue weighted by Gasteiger charge is -2.28. The van der Waals surface area contributed by atoms with Crippen LogP contribution in [-0.4, -0.2) is 28.3 Å². The quantitative estimate of drug-likeness (QED) is 0.293. The Bertz CT molecular complexity index is 1570. The van der Waals surface area contributed by atoms with Crippen molar-refractivity contribution in [3.05, 3.63) is 94.0 Å². The van der Waals surface area contributed by atoms with Gasteiger partial charge in [-0.05, 0) is 42.8 Å². The third kappa shape index (κ3) is 4.68. The number of carboxylic acid groups (broad SMARTS) is 1. The minimum Gasteiger partial charge on any atom is -0.487 e. The van der Waals surface area contributed by atoms with Crippen LogP contribution in [0.15, 0.2) is 71.7 Å². The van der Waals surface area contributed by atoms with Crippen molar-refractivity contribution in [1.82, 2.24) is 4.57 Å². The van der Waals surface area contributed by atoms with Crippen molar-refractivity contribution in [2.24, 2.45) is 0 Å². The Morgan fingerprint density at radius 1 is 1.08 bits per heavy atom. The molecule has 1 aliphatic rings. The van der Waals surface area contributed by atoms with Gasteiger partial charge >= 0.3 is 12.0 Å². The molecule has 0 radical (unpaired) electrons. The largest absolute Gasteiger partial charge is 0.487 e. The number of nitrogens with one attached hydrogen (secondary N) is 3. The van der Waals surface area contributed by atoms with Crippen LogP contribution in [0.4, 0.5) is 26.2 Å². The summed E-state index contributed by atoms with van der Waals surface area (Å²) in [7, 11) is 0. The summed E-state index contributed by atoms with van der Waals surface area (Å²) in [6, 6.07) is 16.5. The van der Waals surface area contributed by atoms with Gasteiger partial charge in [-0.15, -0.1) is 0 Å². The van der Waals surface area contributed by atoms with Crippen molar-refractivity contribution < 1.29 is 23.8 Å². The van der Waals surface area contributed by atoms with Gasteiger partial charge in [0.2, 0.25) is 5.43 Å². The number of aromatic carboxylic acids is 1. The van der Waals surface area contributed by atoms with E-state index in [0.717, 1.165) is 11.6 Å². The van der Waals surface area contributed by atoms with Gasteiger partial charge < -0.3 is 30.4 Å². The molecule has 4 aromatic rings. The lowest BCUT2D eigenvalue weighted by molar-refractivity contribution is 0.0694. The number of carbonyl (C=O) groups excluding carboxylic acids is 1. The number of halogens is 1. The molecule has 1 atom stereocenters. The first-order valence-electron chi connectivity index (χ1n) is 11.5. The van der Waals surface area contributed by atoms with Crippen LogP contribution in [0.2, 0.25) is 0 Å². The van der Waals surface area contributed by atoms with Crippen LogP contribution in [0.5, 0.6) is 5.75 Å². The number of benzene rings is 3. The van der Waals surface area contributed by atoms with Crippen LogP contribution in [0, 0.1) is 5.82 Å². The summed E-state index contributed by atoms with van der Waals surface area (Å²) in [6.45, 7) is 2.25. The first-order valence-corrected chi connectivity index (χ1v) is 11.5. The van der Waals surface area contributed by atoms with Crippen LogP contribution < -0.4 is 26.1 Å². The highest BCUT2D eigenvalue weighted by Crippen LogP contribution is 2.40. The van der Waals surface area contributed by atoms with Crippen molar-refractivity contribution in [3.8, 4) is 5.75 Å². The second-order valence-electron chi connectivity index (χ2n) is 8.70. The van der Waals surface area contributed by atoms with E-state index >= 15 is 4.39 Å². The molecule has 5 rings (SSSR count). The maximum absolute atomic E-state index is 15.1. The zero-order chi connectivity index (χ0) is 26.1. The fourth-order valence-electron chi connectivity index (χ4n) is 4.25. The predicted octanol–water partition coefficient (Wildman–Crippen LogP) is 5.05. The normalized spacial score (nSPS) is 14.1. The SMILES string of the molecule is CC1COc2c(NCc3ccc(NC(=O)Nc4ccccc4)cc3)c(F)cc3c(=O)c(C(=O)O)cn1c23. The molecule has 0 spiro atoms. The van der Waals surface area contributed by atoms with Crippen molar-refractivity contribution in [2.45, 2.75) is 19.5 Å². The first-order chi connectivity index (χ1) is 17.8. The lowest BCUT2D eigenvalue weighted by Crippen LogP contribution is -2.27. The minimum absolute atomic E-state index is 0.0475. The molecule has 10 heteroatoms. The van der Waals surface area contributed by atoms with Crippen LogP contribution in [0.25, 0.3) is 10.9 Å². The number of para-hydroxylation sites is 1. The number of amides is 2.